The molecule has 132 valence electrons. The lowest BCUT2D eigenvalue weighted by molar-refractivity contribution is 0.250. The Morgan fingerprint density at radius 2 is 1.64 bits per heavy atom. The van der Waals surface area contributed by atoms with Crippen LogP contribution in [0.5, 0.6) is 5.75 Å². The Kier molecular flexibility index (Phi) is 6.13. The molecule has 0 saturated carbocycles. The summed E-state index contributed by atoms with van der Waals surface area (Å²) in [6.07, 6.45) is 2.00. The fraction of sp³-hybridized carbons (Fsp3) is 0.364. The highest BCUT2D eigenvalue weighted by Crippen LogP contribution is 2.20. The number of hydrogen-bond acceptors (Lipinski definition) is 3. The van der Waals surface area contributed by atoms with Gasteiger partial charge in [-0.3, -0.25) is 4.90 Å². The van der Waals surface area contributed by atoms with Gasteiger partial charge in [-0.1, -0.05) is 43.0 Å². The van der Waals surface area contributed by atoms with E-state index >= 15 is 0 Å². The lowest BCUT2D eigenvalue weighted by atomic mass is 10.2. The molecule has 0 aromatic heterocycles. The molecule has 0 radical (unpaired) electrons. The summed E-state index contributed by atoms with van der Waals surface area (Å²) in [5, 5.41) is 0. The van der Waals surface area contributed by atoms with Crippen LogP contribution in [0.25, 0.3) is 0 Å². The lowest BCUT2D eigenvalue weighted by Crippen LogP contribution is -2.46. The van der Waals surface area contributed by atoms with Crippen LogP contribution >= 0.6 is 0 Å². The first-order chi connectivity index (χ1) is 12.2. The maximum atomic E-state index is 5.89. The summed E-state index contributed by atoms with van der Waals surface area (Å²) in [5.41, 5.74) is 2.49. The molecule has 1 aliphatic heterocycles. The summed E-state index contributed by atoms with van der Waals surface area (Å²) < 4.78 is 5.89. The van der Waals surface area contributed by atoms with Gasteiger partial charge >= 0.3 is 0 Å². The zero-order chi connectivity index (χ0) is 17.5. The molecule has 3 nitrogen and oxygen atoms in total. The molecule has 1 fully saturated rings. The molecule has 0 N–H and O–H groups in total. The fourth-order valence-electron chi connectivity index (χ4n) is 3.25. The molecular weight excluding hydrogens is 308 g/mol. The Bertz CT molecular complexity index is 675. The minimum Gasteiger partial charge on any atom is -0.462 e. The normalized spacial score (nSPS) is 15.2. The van der Waals surface area contributed by atoms with Gasteiger partial charge in [0.1, 0.15) is 5.75 Å². The van der Waals surface area contributed by atoms with Gasteiger partial charge in [0.15, 0.2) is 0 Å². The van der Waals surface area contributed by atoms with E-state index in [0.717, 1.165) is 62.6 Å². The van der Waals surface area contributed by atoms with Gasteiger partial charge in [0.05, 0.1) is 5.76 Å². The summed E-state index contributed by atoms with van der Waals surface area (Å²) in [4.78, 5) is 5.01. The molecule has 1 saturated heterocycles. The van der Waals surface area contributed by atoms with E-state index in [9.17, 15) is 0 Å². The van der Waals surface area contributed by atoms with Crippen molar-refractivity contribution in [2.24, 2.45) is 0 Å². The average molecular weight is 336 g/mol. The molecule has 0 atom stereocenters. The molecular formula is C22H28N2O. The molecule has 0 amide bonds. The van der Waals surface area contributed by atoms with Gasteiger partial charge in [0.25, 0.3) is 0 Å². The Labute approximate surface area is 151 Å². The molecule has 0 unspecified atom stereocenters. The summed E-state index contributed by atoms with van der Waals surface area (Å²) in [6.45, 7) is 11.7. The quantitative estimate of drug-likeness (QED) is 0.693. The minimum atomic E-state index is 0.859. The third kappa shape index (κ3) is 5.10. The highest BCUT2D eigenvalue weighted by atomic mass is 16.5. The van der Waals surface area contributed by atoms with Crippen molar-refractivity contribution in [1.29, 1.82) is 0 Å². The summed E-state index contributed by atoms with van der Waals surface area (Å²) in [7, 11) is 0. The standard InChI is InChI=1S/C22H28N2O/c1-19-9-6-7-13-22(19)25-20(2)10-8-14-23-15-17-24(18-16-23)21-11-4-3-5-12-21/h3-7,9,11-13H,2,8,10,14-18H2,1H3. The van der Waals surface area contributed by atoms with E-state index in [4.69, 9.17) is 4.74 Å². The van der Waals surface area contributed by atoms with Gasteiger partial charge in [0.2, 0.25) is 0 Å². The van der Waals surface area contributed by atoms with Crippen LogP contribution in [-0.4, -0.2) is 37.6 Å². The van der Waals surface area contributed by atoms with Crippen molar-refractivity contribution in [1.82, 2.24) is 4.90 Å². The first kappa shape index (κ1) is 17.6. The van der Waals surface area contributed by atoms with Gasteiger partial charge in [-0.2, -0.15) is 0 Å². The van der Waals surface area contributed by atoms with Gasteiger partial charge in [0, 0.05) is 38.3 Å². The van der Waals surface area contributed by atoms with Crippen LogP contribution < -0.4 is 9.64 Å². The second-order valence-corrected chi connectivity index (χ2v) is 6.67. The highest BCUT2D eigenvalue weighted by Gasteiger charge is 2.16. The summed E-state index contributed by atoms with van der Waals surface area (Å²) in [5.74, 6) is 1.78. The molecule has 1 aliphatic rings. The minimum absolute atomic E-state index is 0.859. The maximum absolute atomic E-state index is 5.89. The van der Waals surface area contributed by atoms with Crippen LogP contribution in [0.15, 0.2) is 66.9 Å². The molecule has 0 aliphatic carbocycles. The molecule has 2 aromatic carbocycles. The number of piperazine rings is 1. The molecule has 2 aromatic rings. The monoisotopic (exact) mass is 336 g/mol. The van der Waals surface area contributed by atoms with Gasteiger partial charge in [-0.15, -0.1) is 0 Å². The van der Waals surface area contributed by atoms with Crippen molar-refractivity contribution in [3.8, 4) is 5.75 Å². The number of ether oxygens (including phenoxy) is 1. The number of aryl methyl sites for hydroxylation is 1. The van der Waals surface area contributed by atoms with Gasteiger partial charge in [-0.25, -0.2) is 0 Å². The van der Waals surface area contributed by atoms with Gasteiger partial charge < -0.3 is 9.64 Å². The maximum Gasteiger partial charge on any atom is 0.129 e. The number of nitrogens with zero attached hydrogens (tertiary/aromatic N) is 2. The van der Waals surface area contributed by atoms with Crippen LogP contribution in [0.2, 0.25) is 0 Å². The van der Waals surface area contributed by atoms with E-state index in [0.29, 0.717) is 0 Å². The molecule has 0 spiro atoms. The fourth-order valence-corrected chi connectivity index (χ4v) is 3.25. The molecule has 3 heteroatoms. The van der Waals surface area contributed by atoms with E-state index in [2.05, 4.69) is 59.7 Å². The van der Waals surface area contributed by atoms with E-state index in [1.807, 2.05) is 18.2 Å². The number of allylic oxidation sites excluding steroid dienone is 1. The second-order valence-electron chi connectivity index (χ2n) is 6.67. The Morgan fingerprint density at radius 3 is 2.36 bits per heavy atom. The van der Waals surface area contributed by atoms with Crippen LogP contribution in [0, 0.1) is 6.92 Å². The van der Waals surface area contributed by atoms with Crippen LogP contribution in [0.1, 0.15) is 18.4 Å². The average Bonchev–Trinajstić information content (AvgIpc) is 2.65. The number of anilines is 1. The van der Waals surface area contributed by atoms with Crippen LogP contribution in [0.4, 0.5) is 5.69 Å². The summed E-state index contributed by atoms with van der Waals surface area (Å²) in [6, 6.07) is 18.8. The first-order valence-electron chi connectivity index (χ1n) is 9.16. The predicted molar refractivity (Wildman–Crippen MR) is 105 cm³/mol. The number of rotatable bonds is 7. The zero-order valence-corrected chi connectivity index (χ0v) is 15.2. The Balaban J connectivity index is 1.36. The second kappa shape index (κ2) is 8.72. The van der Waals surface area contributed by atoms with E-state index < -0.39 is 0 Å². The van der Waals surface area contributed by atoms with Crippen LogP contribution in [0.3, 0.4) is 0 Å². The van der Waals surface area contributed by atoms with Crippen molar-refractivity contribution in [2.75, 3.05) is 37.6 Å². The Morgan fingerprint density at radius 1 is 0.960 bits per heavy atom. The topological polar surface area (TPSA) is 15.7 Å². The van der Waals surface area contributed by atoms with Crippen molar-refractivity contribution in [3.63, 3.8) is 0 Å². The summed E-state index contributed by atoms with van der Waals surface area (Å²) >= 11 is 0. The molecule has 0 bridgehead atoms. The van der Waals surface area contributed by atoms with Crippen molar-refractivity contribution in [2.45, 2.75) is 19.8 Å². The van der Waals surface area contributed by atoms with Crippen molar-refractivity contribution < 1.29 is 4.74 Å². The largest absolute Gasteiger partial charge is 0.462 e. The number of para-hydroxylation sites is 2. The number of benzene rings is 2. The highest BCUT2D eigenvalue weighted by molar-refractivity contribution is 5.46. The van der Waals surface area contributed by atoms with E-state index in [1.54, 1.807) is 0 Å². The smallest absolute Gasteiger partial charge is 0.129 e. The molecule has 3 rings (SSSR count). The SMILES string of the molecule is C=C(CCCN1CCN(c2ccccc2)CC1)Oc1ccccc1C. The zero-order valence-electron chi connectivity index (χ0n) is 15.2. The van der Waals surface area contributed by atoms with Crippen LogP contribution in [-0.2, 0) is 0 Å². The lowest BCUT2D eigenvalue weighted by Gasteiger charge is -2.36. The van der Waals surface area contributed by atoms with Gasteiger partial charge in [-0.05, 0) is 43.7 Å². The third-order valence-electron chi connectivity index (χ3n) is 4.77. The predicted octanol–water partition coefficient (Wildman–Crippen LogP) is 4.49. The number of hydrogen-bond donors (Lipinski definition) is 0. The van der Waals surface area contributed by atoms with E-state index in [-0.39, 0.29) is 0 Å². The van der Waals surface area contributed by atoms with Crippen molar-refractivity contribution in [3.05, 3.63) is 72.5 Å². The third-order valence-corrected chi connectivity index (χ3v) is 4.77. The van der Waals surface area contributed by atoms with E-state index in [1.165, 1.54) is 5.69 Å². The van der Waals surface area contributed by atoms with Crippen molar-refractivity contribution >= 4 is 5.69 Å². The first-order valence-corrected chi connectivity index (χ1v) is 9.16. The molecule has 1 heterocycles. The Hall–Kier alpha value is -2.26. The molecule has 25 heavy (non-hydrogen) atoms.